The minimum atomic E-state index is -0.711. The zero-order valence-electron chi connectivity index (χ0n) is 7.86. The summed E-state index contributed by atoms with van der Waals surface area (Å²) in [6.45, 7) is 0.851. The Morgan fingerprint density at radius 3 is 2.93 bits per heavy atom. The molecule has 1 rings (SSSR count). The van der Waals surface area contributed by atoms with E-state index < -0.39 is 17.9 Å². The molecule has 1 unspecified atom stereocenters. The van der Waals surface area contributed by atoms with Gasteiger partial charge >= 0.3 is 5.97 Å². The highest BCUT2D eigenvalue weighted by Gasteiger charge is 2.32. The lowest BCUT2D eigenvalue weighted by atomic mass is 10.2. The fourth-order valence-corrected chi connectivity index (χ4v) is 1.26. The average Bonchev–Trinajstić information content (AvgIpc) is 2.27. The van der Waals surface area contributed by atoms with E-state index in [2.05, 4.69) is 4.74 Å². The van der Waals surface area contributed by atoms with Gasteiger partial charge in [-0.05, 0) is 5.92 Å². The maximum atomic E-state index is 11.2. The van der Waals surface area contributed by atoms with Gasteiger partial charge in [0.05, 0.1) is 20.3 Å². The van der Waals surface area contributed by atoms with Crippen molar-refractivity contribution >= 4 is 11.9 Å². The number of carbonyl (C=O) groups is 2. The Labute approximate surface area is 82.0 Å². The molecule has 0 bridgehead atoms. The molecule has 0 spiro atoms. The second-order valence-electron chi connectivity index (χ2n) is 2.76. The first-order valence-corrected chi connectivity index (χ1v) is 4.13. The third-order valence-corrected chi connectivity index (χ3v) is 1.99. The Kier molecular flexibility index (Phi) is 3.48. The molecule has 1 heterocycles. The lowest BCUT2D eigenvalue weighted by Gasteiger charge is -2.31. The topological polar surface area (TPSA) is 55.8 Å². The standard InChI is InChI=1S/C9H11NO4/c1-3-8(11)10-4-5-14-6-7(10)9(12)13-2/h1,7H,4-6H2,2H3. The molecular weight excluding hydrogens is 186 g/mol. The zero-order chi connectivity index (χ0) is 10.6. The van der Waals surface area contributed by atoms with Crippen molar-refractivity contribution in [3.8, 4) is 12.3 Å². The van der Waals surface area contributed by atoms with Crippen LogP contribution in [-0.2, 0) is 19.1 Å². The summed E-state index contributed by atoms with van der Waals surface area (Å²) in [5, 5.41) is 0. The lowest BCUT2D eigenvalue weighted by Crippen LogP contribution is -2.52. The van der Waals surface area contributed by atoms with Crippen molar-refractivity contribution in [1.29, 1.82) is 0 Å². The van der Waals surface area contributed by atoms with Gasteiger partial charge in [-0.15, -0.1) is 6.42 Å². The fraction of sp³-hybridized carbons (Fsp3) is 0.556. The molecule has 1 aliphatic rings. The summed E-state index contributed by atoms with van der Waals surface area (Å²) in [7, 11) is 1.26. The molecule has 14 heavy (non-hydrogen) atoms. The summed E-state index contributed by atoms with van der Waals surface area (Å²) >= 11 is 0. The first-order chi connectivity index (χ1) is 6.70. The number of terminal acetylenes is 1. The minimum absolute atomic E-state index is 0.139. The van der Waals surface area contributed by atoms with Crippen LogP contribution < -0.4 is 0 Å². The first kappa shape index (κ1) is 10.5. The number of hydrogen-bond donors (Lipinski definition) is 0. The van der Waals surface area contributed by atoms with Gasteiger partial charge in [0.25, 0.3) is 5.91 Å². The van der Waals surface area contributed by atoms with Crippen molar-refractivity contribution in [1.82, 2.24) is 4.90 Å². The molecule has 5 heteroatoms. The van der Waals surface area contributed by atoms with Crippen LogP contribution in [0.15, 0.2) is 0 Å². The SMILES string of the molecule is C#CC(=O)N1CCOCC1C(=O)OC. The van der Waals surface area contributed by atoms with Crippen molar-refractivity contribution in [2.24, 2.45) is 0 Å². The van der Waals surface area contributed by atoms with Crippen LogP contribution in [0.2, 0.25) is 0 Å². The van der Waals surface area contributed by atoms with E-state index in [1.807, 2.05) is 5.92 Å². The Bertz CT molecular complexity index is 281. The molecule has 1 aliphatic heterocycles. The minimum Gasteiger partial charge on any atom is -0.467 e. The van der Waals surface area contributed by atoms with Gasteiger partial charge < -0.3 is 14.4 Å². The highest BCUT2D eigenvalue weighted by atomic mass is 16.5. The largest absolute Gasteiger partial charge is 0.467 e. The van der Waals surface area contributed by atoms with Crippen molar-refractivity contribution < 1.29 is 19.1 Å². The fourth-order valence-electron chi connectivity index (χ4n) is 1.26. The van der Waals surface area contributed by atoms with E-state index in [0.717, 1.165) is 0 Å². The molecule has 76 valence electrons. The van der Waals surface area contributed by atoms with Crippen LogP contribution >= 0.6 is 0 Å². The van der Waals surface area contributed by atoms with Crippen LogP contribution in [0.25, 0.3) is 0 Å². The maximum absolute atomic E-state index is 11.2. The Morgan fingerprint density at radius 1 is 1.64 bits per heavy atom. The molecule has 0 saturated carbocycles. The van der Waals surface area contributed by atoms with E-state index in [-0.39, 0.29) is 6.61 Å². The van der Waals surface area contributed by atoms with Gasteiger partial charge in [0, 0.05) is 6.54 Å². The molecule has 1 fully saturated rings. The summed E-state index contributed by atoms with van der Waals surface area (Å²) < 4.78 is 9.60. The first-order valence-electron chi connectivity index (χ1n) is 4.13. The third-order valence-electron chi connectivity index (χ3n) is 1.99. The van der Waals surface area contributed by atoms with E-state index in [1.54, 1.807) is 0 Å². The molecule has 0 aliphatic carbocycles. The van der Waals surface area contributed by atoms with E-state index in [0.29, 0.717) is 13.2 Å². The van der Waals surface area contributed by atoms with Crippen molar-refractivity contribution in [3.63, 3.8) is 0 Å². The van der Waals surface area contributed by atoms with E-state index in [4.69, 9.17) is 11.2 Å². The van der Waals surface area contributed by atoms with Crippen LogP contribution in [-0.4, -0.2) is 49.7 Å². The lowest BCUT2D eigenvalue weighted by molar-refractivity contribution is -0.158. The summed E-state index contributed by atoms with van der Waals surface area (Å²) in [6.07, 6.45) is 4.97. The average molecular weight is 197 g/mol. The van der Waals surface area contributed by atoms with Gasteiger partial charge in [0.15, 0.2) is 6.04 Å². The van der Waals surface area contributed by atoms with E-state index in [1.165, 1.54) is 12.0 Å². The molecule has 1 amide bonds. The molecule has 1 atom stereocenters. The number of rotatable bonds is 1. The zero-order valence-corrected chi connectivity index (χ0v) is 7.86. The maximum Gasteiger partial charge on any atom is 0.331 e. The third kappa shape index (κ3) is 2.03. The van der Waals surface area contributed by atoms with E-state index in [9.17, 15) is 9.59 Å². The summed E-state index contributed by atoms with van der Waals surface area (Å²) in [4.78, 5) is 23.7. The smallest absolute Gasteiger partial charge is 0.331 e. The normalized spacial score (nSPS) is 21.1. The predicted molar refractivity (Wildman–Crippen MR) is 47.2 cm³/mol. The van der Waals surface area contributed by atoms with Gasteiger partial charge in [-0.25, -0.2) is 4.79 Å². The number of methoxy groups -OCH3 is 1. The summed E-state index contributed by atoms with van der Waals surface area (Å²) in [6, 6.07) is -0.711. The molecule has 5 nitrogen and oxygen atoms in total. The summed E-state index contributed by atoms with van der Waals surface area (Å²) in [5.41, 5.74) is 0. The summed E-state index contributed by atoms with van der Waals surface area (Å²) in [5.74, 6) is 0.951. The number of morpholine rings is 1. The van der Waals surface area contributed by atoms with Crippen LogP contribution in [0.4, 0.5) is 0 Å². The van der Waals surface area contributed by atoms with Crippen LogP contribution in [0.5, 0.6) is 0 Å². The predicted octanol–water partition coefficient (Wildman–Crippen LogP) is -0.980. The van der Waals surface area contributed by atoms with Crippen LogP contribution in [0, 0.1) is 12.3 Å². The molecule has 0 aromatic heterocycles. The molecular formula is C9H11NO4. The molecule has 0 aromatic carbocycles. The number of carbonyl (C=O) groups excluding carboxylic acids is 2. The van der Waals surface area contributed by atoms with Crippen LogP contribution in [0.1, 0.15) is 0 Å². The second kappa shape index (κ2) is 4.63. The molecule has 0 N–H and O–H groups in total. The van der Waals surface area contributed by atoms with Gasteiger partial charge in [-0.1, -0.05) is 0 Å². The highest BCUT2D eigenvalue weighted by Crippen LogP contribution is 2.08. The van der Waals surface area contributed by atoms with Gasteiger partial charge in [-0.2, -0.15) is 0 Å². The highest BCUT2D eigenvalue weighted by molar-refractivity contribution is 5.95. The number of nitrogens with zero attached hydrogens (tertiary/aromatic N) is 1. The van der Waals surface area contributed by atoms with Gasteiger partial charge in [0.2, 0.25) is 0 Å². The monoisotopic (exact) mass is 197 g/mol. The number of esters is 1. The number of ether oxygens (including phenoxy) is 2. The van der Waals surface area contributed by atoms with Crippen molar-refractivity contribution in [3.05, 3.63) is 0 Å². The van der Waals surface area contributed by atoms with E-state index >= 15 is 0 Å². The van der Waals surface area contributed by atoms with Crippen molar-refractivity contribution in [2.75, 3.05) is 26.9 Å². The Morgan fingerprint density at radius 2 is 2.36 bits per heavy atom. The molecule has 1 saturated heterocycles. The Balaban J connectivity index is 2.74. The van der Waals surface area contributed by atoms with Crippen LogP contribution in [0.3, 0.4) is 0 Å². The Hall–Kier alpha value is -1.54. The second-order valence-corrected chi connectivity index (χ2v) is 2.76. The number of amides is 1. The molecule has 0 aromatic rings. The molecule has 0 radical (unpaired) electrons. The van der Waals surface area contributed by atoms with Gasteiger partial charge in [-0.3, -0.25) is 4.79 Å². The van der Waals surface area contributed by atoms with Crippen molar-refractivity contribution in [2.45, 2.75) is 6.04 Å². The quantitative estimate of drug-likeness (QED) is 0.400. The number of hydrogen-bond acceptors (Lipinski definition) is 4. The van der Waals surface area contributed by atoms with Gasteiger partial charge in [0.1, 0.15) is 0 Å².